The first-order valence-corrected chi connectivity index (χ1v) is 9.28. The number of nitrogens with one attached hydrogen (secondary N) is 1. The van der Waals surface area contributed by atoms with Crippen molar-refractivity contribution in [1.82, 2.24) is 25.0 Å². The van der Waals surface area contributed by atoms with Crippen LogP contribution in [0.3, 0.4) is 0 Å². The van der Waals surface area contributed by atoms with E-state index in [1.807, 2.05) is 0 Å². The number of aromatic nitrogens is 3. The minimum atomic E-state index is -0.498. The Hall–Kier alpha value is -2.52. The molecule has 0 radical (unpaired) electrons. The summed E-state index contributed by atoms with van der Waals surface area (Å²) in [4.78, 5) is 29.4. The molecule has 150 valence electrons. The SMILES string of the molecule is Cl.O=C(c1ccc(-n2cncn2)c([N+](=O)[O-])c1)N1CCC(NCC2CC2)CC1. The van der Waals surface area contributed by atoms with Crippen molar-refractivity contribution in [3.8, 4) is 5.69 Å². The van der Waals surface area contributed by atoms with Gasteiger partial charge in [-0.1, -0.05) is 0 Å². The molecular weight excluding hydrogens is 384 g/mol. The Bertz CT molecular complexity index is 832. The summed E-state index contributed by atoms with van der Waals surface area (Å²) in [5.41, 5.74) is 0.458. The van der Waals surface area contributed by atoms with Crippen LogP contribution in [0.4, 0.5) is 5.69 Å². The molecule has 2 aliphatic rings. The molecule has 1 saturated heterocycles. The molecule has 1 saturated carbocycles. The van der Waals surface area contributed by atoms with Gasteiger partial charge in [-0.2, -0.15) is 5.10 Å². The number of likely N-dealkylation sites (tertiary alicyclic amines) is 1. The Morgan fingerprint density at radius 2 is 2.00 bits per heavy atom. The summed E-state index contributed by atoms with van der Waals surface area (Å²) in [5, 5.41) is 19.0. The van der Waals surface area contributed by atoms with Crippen molar-refractivity contribution in [2.45, 2.75) is 31.7 Å². The Morgan fingerprint density at radius 3 is 2.61 bits per heavy atom. The molecule has 1 aromatic heterocycles. The van der Waals surface area contributed by atoms with Crippen LogP contribution in [-0.4, -0.2) is 56.2 Å². The molecule has 9 nitrogen and oxygen atoms in total. The normalized spacial score (nSPS) is 17.2. The number of benzene rings is 1. The summed E-state index contributed by atoms with van der Waals surface area (Å²) in [5.74, 6) is 0.678. The number of carbonyl (C=O) groups is 1. The third kappa shape index (κ3) is 4.48. The summed E-state index contributed by atoms with van der Waals surface area (Å²) in [7, 11) is 0. The summed E-state index contributed by atoms with van der Waals surface area (Å²) < 4.78 is 1.32. The quantitative estimate of drug-likeness (QED) is 0.582. The van der Waals surface area contributed by atoms with Gasteiger partial charge in [-0.05, 0) is 50.3 Å². The first-order valence-electron chi connectivity index (χ1n) is 9.28. The predicted molar refractivity (Wildman–Crippen MR) is 105 cm³/mol. The number of rotatable bonds is 6. The molecule has 10 heteroatoms. The van der Waals surface area contributed by atoms with Crippen molar-refractivity contribution in [3.05, 3.63) is 46.5 Å². The van der Waals surface area contributed by atoms with E-state index < -0.39 is 4.92 Å². The Kier molecular flexibility index (Phi) is 6.25. The van der Waals surface area contributed by atoms with Gasteiger partial charge in [0.2, 0.25) is 0 Å². The van der Waals surface area contributed by atoms with Gasteiger partial charge in [-0.25, -0.2) is 9.67 Å². The number of nitro benzene ring substituents is 1. The third-order valence-electron chi connectivity index (χ3n) is 5.26. The zero-order valence-electron chi connectivity index (χ0n) is 15.4. The molecule has 0 atom stereocenters. The van der Waals surface area contributed by atoms with E-state index in [1.54, 1.807) is 17.0 Å². The molecule has 1 N–H and O–H groups in total. The van der Waals surface area contributed by atoms with E-state index in [4.69, 9.17) is 0 Å². The molecule has 2 heterocycles. The molecular formula is C18H23ClN6O3. The van der Waals surface area contributed by atoms with Crippen LogP contribution < -0.4 is 5.32 Å². The molecule has 2 fully saturated rings. The second kappa shape index (κ2) is 8.66. The molecule has 1 aromatic carbocycles. The smallest absolute Gasteiger partial charge is 0.295 e. The molecule has 1 aliphatic carbocycles. The van der Waals surface area contributed by atoms with E-state index in [1.165, 1.54) is 36.2 Å². The van der Waals surface area contributed by atoms with Crippen LogP contribution in [0.25, 0.3) is 5.69 Å². The van der Waals surface area contributed by atoms with Gasteiger partial charge in [0, 0.05) is 30.8 Å². The van der Waals surface area contributed by atoms with Crippen molar-refractivity contribution < 1.29 is 9.72 Å². The summed E-state index contributed by atoms with van der Waals surface area (Å²) >= 11 is 0. The maximum absolute atomic E-state index is 12.8. The average molecular weight is 407 g/mol. The van der Waals surface area contributed by atoms with Crippen LogP contribution in [0.1, 0.15) is 36.0 Å². The van der Waals surface area contributed by atoms with E-state index in [2.05, 4.69) is 15.4 Å². The summed E-state index contributed by atoms with van der Waals surface area (Å²) in [6.45, 7) is 2.41. The highest BCUT2D eigenvalue weighted by Gasteiger charge is 2.27. The van der Waals surface area contributed by atoms with Crippen LogP contribution in [0, 0.1) is 16.0 Å². The first kappa shape index (κ1) is 20.2. The van der Waals surface area contributed by atoms with Crippen molar-refractivity contribution in [2.24, 2.45) is 5.92 Å². The monoisotopic (exact) mass is 406 g/mol. The van der Waals surface area contributed by atoms with Crippen LogP contribution in [-0.2, 0) is 0 Å². The molecule has 2 aromatic rings. The topological polar surface area (TPSA) is 106 Å². The van der Waals surface area contributed by atoms with Crippen LogP contribution in [0.15, 0.2) is 30.9 Å². The van der Waals surface area contributed by atoms with E-state index in [0.717, 1.165) is 25.3 Å². The van der Waals surface area contributed by atoms with E-state index in [9.17, 15) is 14.9 Å². The zero-order chi connectivity index (χ0) is 18.8. The van der Waals surface area contributed by atoms with Crippen molar-refractivity contribution in [1.29, 1.82) is 0 Å². The maximum atomic E-state index is 12.8. The van der Waals surface area contributed by atoms with E-state index in [-0.39, 0.29) is 29.7 Å². The highest BCUT2D eigenvalue weighted by Crippen LogP contribution is 2.28. The van der Waals surface area contributed by atoms with E-state index >= 15 is 0 Å². The highest BCUT2D eigenvalue weighted by molar-refractivity contribution is 5.95. The summed E-state index contributed by atoms with van der Waals surface area (Å²) in [6.07, 6.45) is 7.18. The maximum Gasteiger partial charge on any atom is 0.295 e. The number of nitrogens with zero attached hydrogens (tertiary/aromatic N) is 5. The lowest BCUT2D eigenvalue weighted by atomic mass is 10.0. The minimum absolute atomic E-state index is 0. The van der Waals surface area contributed by atoms with Gasteiger partial charge >= 0.3 is 0 Å². The summed E-state index contributed by atoms with van der Waals surface area (Å²) in [6, 6.07) is 4.95. The van der Waals surface area contributed by atoms with Gasteiger partial charge in [0.1, 0.15) is 18.3 Å². The van der Waals surface area contributed by atoms with Gasteiger partial charge < -0.3 is 10.2 Å². The van der Waals surface area contributed by atoms with Crippen LogP contribution in [0.2, 0.25) is 0 Å². The predicted octanol–water partition coefficient (Wildman–Crippen LogP) is 2.20. The van der Waals surface area contributed by atoms with Gasteiger partial charge in [0.05, 0.1) is 4.92 Å². The Morgan fingerprint density at radius 1 is 1.25 bits per heavy atom. The van der Waals surface area contributed by atoms with Crippen molar-refractivity contribution >= 4 is 24.0 Å². The lowest BCUT2D eigenvalue weighted by Gasteiger charge is -2.32. The average Bonchev–Trinajstić information content (AvgIpc) is 3.37. The van der Waals surface area contributed by atoms with Gasteiger partial charge in [-0.3, -0.25) is 14.9 Å². The second-order valence-electron chi connectivity index (χ2n) is 7.22. The number of carbonyl (C=O) groups excluding carboxylic acids is 1. The minimum Gasteiger partial charge on any atom is -0.339 e. The Labute approximate surface area is 168 Å². The lowest BCUT2D eigenvalue weighted by molar-refractivity contribution is -0.384. The van der Waals surface area contributed by atoms with Crippen molar-refractivity contribution in [3.63, 3.8) is 0 Å². The number of nitro groups is 1. The first-order chi connectivity index (χ1) is 13.1. The number of piperidine rings is 1. The standard InChI is InChI=1S/C18H22N6O3.ClH/c25-18(22-7-5-15(6-8-22)20-10-13-1-2-13)14-3-4-16(17(9-14)24(26)27)23-12-19-11-21-23;/h3-4,9,11-13,15,20H,1-2,5-8,10H2;1H. The van der Waals surface area contributed by atoms with Gasteiger partial charge in [0.15, 0.2) is 0 Å². The van der Waals surface area contributed by atoms with Crippen LogP contribution >= 0.6 is 12.4 Å². The molecule has 0 unspecified atom stereocenters. The second-order valence-corrected chi connectivity index (χ2v) is 7.22. The number of halogens is 1. The zero-order valence-corrected chi connectivity index (χ0v) is 16.2. The molecule has 1 amide bonds. The third-order valence-corrected chi connectivity index (χ3v) is 5.26. The number of amides is 1. The van der Waals surface area contributed by atoms with E-state index in [0.29, 0.717) is 24.7 Å². The molecule has 28 heavy (non-hydrogen) atoms. The van der Waals surface area contributed by atoms with Gasteiger partial charge in [-0.15, -0.1) is 12.4 Å². The molecule has 1 aliphatic heterocycles. The number of hydrogen-bond donors (Lipinski definition) is 1. The fourth-order valence-corrected chi connectivity index (χ4v) is 3.45. The number of hydrogen-bond acceptors (Lipinski definition) is 6. The fraction of sp³-hybridized carbons (Fsp3) is 0.500. The highest BCUT2D eigenvalue weighted by atomic mass is 35.5. The van der Waals surface area contributed by atoms with Gasteiger partial charge in [0.25, 0.3) is 11.6 Å². The lowest BCUT2D eigenvalue weighted by Crippen LogP contribution is -2.45. The largest absolute Gasteiger partial charge is 0.339 e. The van der Waals surface area contributed by atoms with Crippen LogP contribution in [0.5, 0.6) is 0 Å². The van der Waals surface area contributed by atoms with Crippen molar-refractivity contribution in [2.75, 3.05) is 19.6 Å². The Balaban J connectivity index is 0.00000225. The fourth-order valence-electron chi connectivity index (χ4n) is 3.45. The molecule has 4 rings (SSSR count). The molecule has 0 bridgehead atoms. The molecule has 0 spiro atoms.